The lowest BCUT2D eigenvalue weighted by atomic mass is 10.2. The molecule has 0 aromatic rings. The van der Waals surface area contributed by atoms with E-state index >= 15 is 0 Å². The first-order chi connectivity index (χ1) is 7.51. The van der Waals surface area contributed by atoms with Gasteiger partial charge in [-0.25, -0.2) is 4.79 Å². The third-order valence-electron chi connectivity index (χ3n) is 3.64. The summed E-state index contributed by atoms with van der Waals surface area (Å²) in [6.45, 7) is 13.0. The smallest absolute Gasteiger partial charge is 0.330 e. The zero-order valence-corrected chi connectivity index (χ0v) is 11.1. The number of nitrogens with zero attached hydrogens (tertiary/aromatic N) is 1. The summed E-state index contributed by atoms with van der Waals surface area (Å²) in [6, 6.07) is 0. The quantitative estimate of drug-likeness (QED) is 0.394. The average Bonchev–Trinajstić information content (AvgIpc) is 2.30. The second kappa shape index (κ2) is 7.44. The van der Waals surface area contributed by atoms with Gasteiger partial charge in [0.25, 0.3) is 0 Å². The minimum Gasteiger partial charge on any atom is -0.478 e. The summed E-state index contributed by atoms with van der Waals surface area (Å²) in [5.74, 6) is -0.803. The molecule has 0 aliphatic carbocycles. The first-order valence-electron chi connectivity index (χ1n) is 6.26. The molecule has 0 rings (SSSR count). The van der Waals surface area contributed by atoms with Gasteiger partial charge in [-0.3, -0.25) is 0 Å². The molecule has 0 unspecified atom stereocenters. The van der Waals surface area contributed by atoms with Crippen LogP contribution in [0.3, 0.4) is 0 Å². The maximum absolute atomic E-state index is 10.6. The molecule has 16 heavy (non-hydrogen) atoms. The number of quaternary nitrogens is 1. The molecule has 94 valence electrons. The van der Waals surface area contributed by atoms with Gasteiger partial charge in [0.1, 0.15) is 0 Å². The van der Waals surface area contributed by atoms with Crippen molar-refractivity contribution in [2.45, 2.75) is 40.5 Å². The van der Waals surface area contributed by atoms with Crippen LogP contribution in [0.1, 0.15) is 40.5 Å². The maximum atomic E-state index is 10.6. The highest BCUT2D eigenvalue weighted by atomic mass is 16.4. The Morgan fingerprint density at radius 2 is 1.69 bits per heavy atom. The van der Waals surface area contributed by atoms with E-state index in [1.54, 1.807) is 6.92 Å². The van der Waals surface area contributed by atoms with Gasteiger partial charge < -0.3 is 9.59 Å². The predicted molar refractivity (Wildman–Crippen MR) is 67.4 cm³/mol. The number of carboxylic acids is 1. The zero-order valence-electron chi connectivity index (χ0n) is 11.1. The number of hydrogen-bond donors (Lipinski definition) is 1. The summed E-state index contributed by atoms with van der Waals surface area (Å²) in [7, 11) is 0. The molecule has 0 radical (unpaired) electrons. The lowest BCUT2D eigenvalue weighted by Gasteiger charge is -2.35. The van der Waals surface area contributed by atoms with Crippen LogP contribution in [0, 0.1) is 0 Å². The molecule has 0 atom stereocenters. The molecular weight excluding hydrogens is 202 g/mol. The Labute approximate surface area is 99.4 Å². The van der Waals surface area contributed by atoms with Gasteiger partial charge in [0, 0.05) is 12.0 Å². The molecule has 0 aromatic carbocycles. The minimum absolute atomic E-state index is 0.461. The number of carbonyl (C=O) groups is 1. The Balaban J connectivity index is 4.06. The first kappa shape index (κ1) is 15.2. The fourth-order valence-electron chi connectivity index (χ4n) is 1.98. The third kappa shape index (κ3) is 4.79. The van der Waals surface area contributed by atoms with Gasteiger partial charge in [-0.2, -0.15) is 0 Å². The van der Waals surface area contributed by atoms with Crippen molar-refractivity contribution in [3.63, 3.8) is 0 Å². The van der Waals surface area contributed by atoms with E-state index in [0.717, 1.165) is 43.5 Å². The topological polar surface area (TPSA) is 37.3 Å². The monoisotopic (exact) mass is 228 g/mol. The normalized spacial score (nSPS) is 12.9. The van der Waals surface area contributed by atoms with Gasteiger partial charge in [-0.05, 0) is 34.1 Å². The molecule has 0 amide bonds. The standard InChI is InChI=1S/C13H25NO2/c1-5-14(6-2,7-3)11-9-8-10-12(4)13(15)16/h10H,5-9,11H2,1-4H3/p+1. The highest BCUT2D eigenvalue weighted by molar-refractivity contribution is 5.85. The molecule has 0 saturated heterocycles. The Kier molecular flexibility index (Phi) is 7.06. The van der Waals surface area contributed by atoms with Crippen LogP contribution < -0.4 is 0 Å². The number of hydrogen-bond acceptors (Lipinski definition) is 1. The number of rotatable bonds is 8. The van der Waals surface area contributed by atoms with Crippen LogP contribution in [0.25, 0.3) is 0 Å². The summed E-state index contributed by atoms with van der Waals surface area (Å²) in [6.07, 6.45) is 3.77. The van der Waals surface area contributed by atoms with Crippen LogP contribution in [0.4, 0.5) is 0 Å². The summed E-state index contributed by atoms with van der Waals surface area (Å²) in [5.41, 5.74) is 0.461. The van der Waals surface area contributed by atoms with Gasteiger partial charge in [-0.1, -0.05) is 6.08 Å². The number of carboxylic acid groups (broad SMARTS) is 1. The van der Waals surface area contributed by atoms with E-state index < -0.39 is 5.97 Å². The highest BCUT2D eigenvalue weighted by Crippen LogP contribution is 2.09. The van der Waals surface area contributed by atoms with Crippen molar-refractivity contribution in [3.8, 4) is 0 Å². The van der Waals surface area contributed by atoms with E-state index in [-0.39, 0.29) is 0 Å². The Bertz CT molecular complexity index is 234. The van der Waals surface area contributed by atoms with Crippen LogP contribution in [-0.4, -0.2) is 41.7 Å². The largest absolute Gasteiger partial charge is 0.478 e. The van der Waals surface area contributed by atoms with Gasteiger partial charge in [-0.15, -0.1) is 0 Å². The SMILES string of the molecule is CC[N+](CC)(CC)CCCC=C(C)C(=O)O. The molecule has 0 aliphatic heterocycles. The third-order valence-corrected chi connectivity index (χ3v) is 3.64. The molecule has 0 aliphatic rings. The Hall–Kier alpha value is -0.830. The molecule has 1 N–H and O–H groups in total. The highest BCUT2D eigenvalue weighted by Gasteiger charge is 2.19. The van der Waals surface area contributed by atoms with Crippen LogP contribution in [0.2, 0.25) is 0 Å². The van der Waals surface area contributed by atoms with Crippen LogP contribution in [-0.2, 0) is 4.79 Å². The van der Waals surface area contributed by atoms with E-state index in [2.05, 4.69) is 20.8 Å². The lowest BCUT2D eigenvalue weighted by Crippen LogP contribution is -2.48. The molecule has 0 aromatic heterocycles. The van der Waals surface area contributed by atoms with Crippen LogP contribution in [0.5, 0.6) is 0 Å². The molecule has 0 heterocycles. The van der Waals surface area contributed by atoms with Gasteiger partial charge in [0.05, 0.1) is 26.2 Å². The van der Waals surface area contributed by atoms with Crippen LogP contribution >= 0.6 is 0 Å². The van der Waals surface area contributed by atoms with Crippen molar-refractivity contribution in [1.29, 1.82) is 0 Å². The Morgan fingerprint density at radius 1 is 1.19 bits per heavy atom. The minimum atomic E-state index is -0.803. The van der Waals surface area contributed by atoms with E-state index in [9.17, 15) is 4.79 Å². The molecule has 3 heteroatoms. The number of allylic oxidation sites excluding steroid dienone is 1. The predicted octanol–water partition coefficient (Wildman–Crippen LogP) is 2.67. The fourth-order valence-corrected chi connectivity index (χ4v) is 1.98. The zero-order chi connectivity index (χ0) is 12.6. The van der Waals surface area contributed by atoms with Crippen molar-refractivity contribution in [3.05, 3.63) is 11.6 Å². The van der Waals surface area contributed by atoms with Crippen molar-refractivity contribution >= 4 is 5.97 Å². The number of aliphatic carboxylic acids is 1. The number of unbranched alkanes of at least 4 members (excludes halogenated alkanes) is 1. The van der Waals surface area contributed by atoms with Crippen molar-refractivity contribution in [2.75, 3.05) is 26.2 Å². The lowest BCUT2D eigenvalue weighted by molar-refractivity contribution is -0.923. The molecule has 0 bridgehead atoms. The van der Waals surface area contributed by atoms with E-state index in [1.807, 2.05) is 6.08 Å². The van der Waals surface area contributed by atoms with E-state index in [4.69, 9.17) is 5.11 Å². The summed E-state index contributed by atoms with van der Waals surface area (Å²) in [5, 5.41) is 8.71. The summed E-state index contributed by atoms with van der Waals surface area (Å²) >= 11 is 0. The van der Waals surface area contributed by atoms with Crippen LogP contribution in [0.15, 0.2) is 11.6 Å². The van der Waals surface area contributed by atoms with Gasteiger partial charge in [0.2, 0.25) is 0 Å². The van der Waals surface area contributed by atoms with Crippen molar-refractivity contribution in [1.82, 2.24) is 0 Å². The van der Waals surface area contributed by atoms with E-state index in [0.29, 0.717) is 5.57 Å². The molecule has 0 fully saturated rings. The second-order valence-corrected chi connectivity index (χ2v) is 4.35. The first-order valence-corrected chi connectivity index (χ1v) is 6.26. The average molecular weight is 228 g/mol. The summed E-state index contributed by atoms with van der Waals surface area (Å²) < 4.78 is 1.14. The molecule has 0 saturated carbocycles. The van der Waals surface area contributed by atoms with Gasteiger partial charge >= 0.3 is 5.97 Å². The molecule has 0 spiro atoms. The molecular formula is C13H26NO2+. The Morgan fingerprint density at radius 3 is 2.06 bits per heavy atom. The molecule has 3 nitrogen and oxygen atoms in total. The van der Waals surface area contributed by atoms with Crippen molar-refractivity contribution in [2.24, 2.45) is 0 Å². The summed E-state index contributed by atoms with van der Waals surface area (Å²) in [4.78, 5) is 10.6. The van der Waals surface area contributed by atoms with E-state index in [1.165, 1.54) is 0 Å². The van der Waals surface area contributed by atoms with Crippen molar-refractivity contribution < 1.29 is 14.4 Å². The van der Waals surface area contributed by atoms with Gasteiger partial charge in [0.15, 0.2) is 0 Å². The fraction of sp³-hybridized carbons (Fsp3) is 0.769. The maximum Gasteiger partial charge on any atom is 0.330 e. The second-order valence-electron chi connectivity index (χ2n) is 4.35.